The maximum Gasteiger partial charge on any atom is 0.270 e. The fourth-order valence-corrected chi connectivity index (χ4v) is 4.26. The smallest absolute Gasteiger partial charge is 0.270 e. The molecule has 3 heteroatoms. The standard InChI is InChI=1S/C23H26N2O/c1-16-12-13-17(2)21-20(16)19-11-7-8-14-24(3)23(26)22(19)25(21)15-18-9-5-4-6-10-18/h4-6,9-10,12-13H,7-8,11,14-15H2,1-3H3. The minimum Gasteiger partial charge on any atom is -0.340 e. The molecule has 0 atom stereocenters. The van der Waals surface area contributed by atoms with Crippen molar-refractivity contribution in [1.82, 2.24) is 9.47 Å². The van der Waals surface area contributed by atoms with Gasteiger partial charge in [0.05, 0.1) is 5.52 Å². The highest BCUT2D eigenvalue weighted by Crippen LogP contribution is 2.34. The minimum atomic E-state index is 0.158. The van der Waals surface area contributed by atoms with Crippen molar-refractivity contribution in [3.8, 4) is 0 Å². The van der Waals surface area contributed by atoms with Crippen LogP contribution in [-0.4, -0.2) is 29.0 Å². The number of aromatic nitrogens is 1. The first kappa shape index (κ1) is 16.9. The molecule has 0 unspecified atom stereocenters. The summed E-state index contributed by atoms with van der Waals surface area (Å²) in [7, 11) is 1.93. The summed E-state index contributed by atoms with van der Waals surface area (Å²) in [6.07, 6.45) is 3.18. The molecule has 0 saturated carbocycles. The van der Waals surface area contributed by atoms with Gasteiger partial charge in [0.15, 0.2) is 0 Å². The van der Waals surface area contributed by atoms with Gasteiger partial charge in [0.2, 0.25) is 0 Å². The zero-order chi connectivity index (χ0) is 18.3. The minimum absolute atomic E-state index is 0.158. The molecule has 1 aliphatic heterocycles. The quantitative estimate of drug-likeness (QED) is 0.659. The molecule has 1 aromatic heterocycles. The Morgan fingerprint density at radius 2 is 1.69 bits per heavy atom. The van der Waals surface area contributed by atoms with Crippen molar-refractivity contribution in [3.05, 3.63) is 70.4 Å². The van der Waals surface area contributed by atoms with Gasteiger partial charge >= 0.3 is 0 Å². The highest BCUT2D eigenvalue weighted by Gasteiger charge is 2.27. The lowest BCUT2D eigenvalue weighted by molar-refractivity contribution is 0.0777. The Morgan fingerprint density at radius 1 is 0.962 bits per heavy atom. The lowest BCUT2D eigenvalue weighted by Gasteiger charge is -2.22. The van der Waals surface area contributed by atoms with Gasteiger partial charge in [-0.2, -0.15) is 0 Å². The summed E-state index contributed by atoms with van der Waals surface area (Å²) in [5.41, 5.74) is 7.10. The van der Waals surface area contributed by atoms with E-state index in [1.54, 1.807) is 0 Å². The lowest BCUT2D eigenvalue weighted by Crippen LogP contribution is -2.32. The topological polar surface area (TPSA) is 25.2 Å². The van der Waals surface area contributed by atoms with Crippen molar-refractivity contribution in [2.24, 2.45) is 0 Å². The van der Waals surface area contributed by atoms with Gasteiger partial charge in [-0.3, -0.25) is 4.79 Å². The first-order valence-corrected chi connectivity index (χ1v) is 9.48. The van der Waals surface area contributed by atoms with Crippen LogP contribution in [0.3, 0.4) is 0 Å². The molecule has 3 aromatic rings. The summed E-state index contributed by atoms with van der Waals surface area (Å²) in [5.74, 6) is 0.158. The molecular weight excluding hydrogens is 320 g/mol. The highest BCUT2D eigenvalue weighted by atomic mass is 16.2. The molecule has 2 aromatic carbocycles. The lowest BCUT2D eigenvalue weighted by atomic mass is 9.98. The SMILES string of the molecule is Cc1ccc(C)c2c1c1c(n2Cc2ccccc2)C(=O)N(C)CCCC1. The van der Waals surface area contributed by atoms with Crippen molar-refractivity contribution in [2.75, 3.05) is 13.6 Å². The van der Waals surface area contributed by atoms with E-state index in [2.05, 4.69) is 54.8 Å². The van der Waals surface area contributed by atoms with E-state index in [0.29, 0.717) is 0 Å². The largest absolute Gasteiger partial charge is 0.340 e. The Morgan fingerprint density at radius 3 is 2.46 bits per heavy atom. The number of carbonyl (C=O) groups is 1. The Bertz CT molecular complexity index is 969. The molecule has 3 nitrogen and oxygen atoms in total. The van der Waals surface area contributed by atoms with E-state index < -0.39 is 0 Å². The second-order valence-corrected chi connectivity index (χ2v) is 7.51. The van der Waals surface area contributed by atoms with Crippen LogP contribution in [0.25, 0.3) is 10.9 Å². The first-order chi connectivity index (χ1) is 12.6. The van der Waals surface area contributed by atoms with Crippen LogP contribution in [0.2, 0.25) is 0 Å². The molecule has 0 spiro atoms. The van der Waals surface area contributed by atoms with E-state index in [-0.39, 0.29) is 5.91 Å². The summed E-state index contributed by atoms with van der Waals surface area (Å²) >= 11 is 0. The van der Waals surface area contributed by atoms with Crippen molar-refractivity contribution < 1.29 is 4.79 Å². The number of benzene rings is 2. The number of fused-ring (bicyclic) bond motifs is 3. The molecular formula is C23H26N2O. The maximum absolute atomic E-state index is 13.3. The van der Waals surface area contributed by atoms with E-state index in [1.165, 1.54) is 33.2 Å². The summed E-state index contributed by atoms with van der Waals surface area (Å²) in [5, 5.41) is 1.29. The fourth-order valence-electron chi connectivity index (χ4n) is 4.26. The van der Waals surface area contributed by atoms with Gasteiger partial charge in [-0.05, 0) is 55.4 Å². The van der Waals surface area contributed by atoms with Crippen LogP contribution in [0, 0.1) is 13.8 Å². The molecule has 0 saturated heterocycles. The molecule has 0 aliphatic carbocycles. The second kappa shape index (κ2) is 6.64. The number of nitrogens with zero attached hydrogens (tertiary/aromatic N) is 2. The van der Waals surface area contributed by atoms with E-state index in [0.717, 1.165) is 38.0 Å². The van der Waals surface area contributed by atoms with Crippen molar-refractivity contribution >= 4 is 16.8 Å². The third kappa shape index (κ3) is 2.72. The normalized spacial score (nSPS) is 15.0. The van der Waals surface area contributed by atoms with E-state index in [9.17, 15) is 4.79 Å². The monoisotopic (exact) mass is 346 g/mol. The van der Waals surface area contributed by atoms with Crippen molar-refractivity contribution in [2.45, 2.75) is 39.7 Å². The van der Waals surface area contributed by atoms with Gasteiger partial charge in [-0.25, -0.2) is 0 Å². The fraction of sp³-hybridized carbons (Fsp3) is 0.348. The number of amides is 1. The zero-order valence-corrected chi connectivity index (χ0v) is 15.9. The molecule has 134 valence electrons. The summed E-state index contributed by atoms with van der Waals surface area (Å²) in [6, 6.07) is 14.8. The predicted molar refractivity (Wildman–Crippen MR) is 107 cm³/mol. The molecule has 0 radical (unpaired) electrons. The third-order valence-corrected chi connectivity index (χ3v) is 5.62. The Hall–Kier alpha value is -2.55. The van der Waals surface area contributed by atoms with Crippen molar-refractivity contribution in [3.63, 3.8) is 0 Å². The zero-order valence-electron chi connectivity index (χ0n) is 15.9. The maximum atomic E-state index is 13.3. The summed E-state index contributed by atoms with van der Waals surface area (Å²) in [6.45, 7) is 5.90. The molecule has 0 fully saturated rings. The van der Waals surface area contributed by atoms with Crippen LogP contribution in [0.15, 0.2) is 42.5 Å². The van der Waals surface area contributed by atoms with E-state index in [1.807, 2.05) is 18.0 Å². The van der Waals surface area contributed by atoms with Gasteiger partial charge in [-0.1, -0.05) is 42.5 Å². The van der Waals surface area contributed by atoms with Gasteiger partial charge in [0.1, 0.15) is 5.69 Å². The molecule has 0 bridgehead atoms. The number of hydrogen-bond acceptors (Lipinski definition) is 1. The van der Waals surface area contributed by atoms with E-state index in [4.69, 9.17) is 0 Å². The summed E-state index contributed by atoms with van der Waals surface area (Å²) < 4.78 is 2.27. The molecule has 4 rings (SSSR count). The molecule has 0 N–H and O–H groups in total. The molecule has 1 amide bonds. The molecule has 1 aliphatic rings. The first-order valence-electron chi connectivity index (χ1n) is 9.48. The van der Waals surface area contributed by atoms with Crippen LogP contribution >= 0.6 is 0 Å². The van der Waals surface area contributed by atoms with Crippen molar-refractivity contribution in [1.29, 1.82) is 0 Å². The van der Waals surface area contributed by atoms with Gasteiger partial charge in [0.25, 0.3) is 5.91 Å². The van der Waals surface area contributed by atoms with Gasteiger partial charge in [0, 0.05) is 25.5 Å². The van der Waals surface area contributed by atoms with Gasteiger partial charge in [-0.15, -0.1) is 0 Å². The van der Waals surface area contributed by atoms with Crippen LogP contribution in [0.4, 0.5) is 0 Å². The number of hydrogen-bond donors (Lipinski definition) is 0. The van der Waals surface area contributed by atoms with Crippen LogP contribution in [-0.2, 0) is 13.0 Å². The number of carbonyl (C=O) groups excluding carboxylic acids is 1. The summed E-state index contributed by atoms with van der Waals surface area (Å²) in [4.78, 5) is 15.2. The Labute approximate surface area is 155 Å². The van der Waals surface area contributed by atoms with Crippen LogP contribution in [0.5, 0.6) is 0 Å². The predicted octanol–water partition coefficient (Wildman–Crippen LogP) is 4.71. The molecule has 2 heterocycles. The van der Waals surface area contributed by atoms with Crippen LogP contribution in [0.1, 0.15) is 45.6 Å². The third-order valence-electron chi connectivity index (χ3n) is 5.62. The second-order valence-electron chi connectivity index (χ2n) is 7.51. The Kier molecular flexibility index (Phi) is 4.31. The Balaban J connectivity index is 2.03. The average Bonchev–Trinajstić information content (AvgIpc) is 2.95. The number of rotatable bonds is 2. The van der Waals surface area contributed by atoms with E-state index >= 15 is 0 Å². The number of aryl methyl sites for hydroxylation is 3. The van der Waals surface area contributed by atoms with Gasteiger partial charge < -0.3 is 9.47 Å². The molecule has 26 heavy (non-hydrogen) atoms. The van der Waals surface area contributed by atoms with Crippen LogP contribution < -0.4 is 0 Å². The average molecular weight is 346 g/mol. The highest BCUT2D eigenvalue weighted by molar-refractivity contribution is 6.03.